The highest BCUT2D eigenvalue weighted by Crippen LogP contribution is 2.39. The van der Waals surface area contributed by atoms with E-state index >= 15 is 0 Å². The first-order valence-corrected chi connectivity index (χ1v) is 7.46. The van der Waals surface area contributed by atoms with E-state index < -0.39 is 4.92 Å². The van der Waals surface area contributed by atoms with Gasteiger partial charge in [0.2, 0.25) is 5.91 Å². The van der Waals surface area contributed by atoms with Crippen LogP contribution in [-0.2, 0) is 4.79 Å². The van der Waals surface area contributed by atoms with Crippen molar-refractivity contribution in [2.24, 2.45) is 11.7 Å². The SMILES string of the molecule is CCOc1cccc(N2CCC[C@@H](CC(N)=O)C2)c1[N+](=O)[O-]. The summed E-state index contributed by atoms with van der Waals surface area (Å²) in [7, 11) is 0. The summed E-state index contributed by atoms with van der Waals surface area (Å²) in [4.78, 5) is 24.1. The van der Waals surface area contributed by atoms with Gasteiger partial charge in [0.05, 0.1) is 11.5 Å². The number of para-hydroxylation sites is 1. The Morgan fingerprint density at radius 3 is 2.95 bits per heavy atom. The molecule has 0 aliphatic carbocycles. The number of nitrogens with two attached hydrogens (primary N) is 1. The molecule has 1 aliphatic rings. The second-order valence-corrected chi connectivity index (χ2v) is 5.44. The molecule has 1 heterocycles. The van der Waals surface area contributed by atoms with Crippen molar-refractivity contribution < 1.29 is 14.5 Å². The number of amides is 1. The van der Waals surface area contributed by atoms with E-state index in [1.807, 2.05) is 4.90 Å². The molecule has 2 rings (SSSR count). The summed E-state index contributed by atoms with van der Waals surface area (Å²) in [5.41, 5.74) is 5.80. The third-order valence-corrected chi connectivity index (χ3v) is 3.81. The lowest BCUT2D eigenvalue weighted by atomic mass is 9.94. The monoisotopic (exact) mass is 307 g/mol. The minimum atomic E-state index is -0.405. The Balaban J connectivity index is 2.29. The largest absolute Gasteiger partial charge is 0.487 e. The highest BCUT2D eigenvalue weighted by Gasteiger charge is 2.29. The molecule has 0 saturated carbocycles. The molecule has 1 aliphatic heterocycles. The minimum Gasteiger partial charge on any atom is -0.487 e. The normalized spacial score (nSPS) is 18.0. The number of primary amides is 1. The molecule has 1 atom stereocenters. The van der Waals surface area contributed by atoms with Gasteiger partial charge < -0.3 is 15.4 Å². The van der Waals surface area contributed by atoms with Gasteiger partial charge in [-0.15, -0.1) is 0 Å². The zero-order valence-electron chi connectivity index (χ0n) is 12.7. The van der Waals surface area contributed by atoms with Crippen molar-refractivity contribution in [1.29, 1.82) is 0 Å². The summed E-state index contributed by atoms with van der Waals surface area (Å²) < 4.78 is 5.38. The number of benzene rings is 1. The number of piperidine rings is 1. The third kappa shape index (κ3) is 3.66. The highest BCUT2D eigenvalue weighted by molar-refractivity contribution is 5.74. The van der Waals surface area contributed by atoms with Crippen LogP contribution in [0.15, 0.2) is 18.2 Å². The molecule has 0 spiro atoms. The summed E-state index contributed by atoms with van der Waals surface area (Å²) in [6, 6.07) is 5.09. The first-order chi connectivity index (χ1) is 10.5. The molecule has 0 unspecified atom stereocenters. The summed E-state index contributed by atoms with van der Waals surface area (Å²) >= 11 is 0. The second kappa shape index (κ2) is 7.11. The number of nitro groups is 1. The average molecular weight is 307 g/mol. The predicted molar refractivity (Wildman–Crippen MR) is 83.0 cm³/mol. The van der Waals surface area contributed by atoms with Crippen molar-refractivity contribution in [2.45, 2.75) is 26.2 Å². The number of nitro benzene ring substituents is 1. The van der Waals surface area contributed by atoms with E-state index in [2.05, 4.69) is 0 Å². The smallest absolute Gasteiger partial charge is 0.333 e. The van der Waals surface area contributed by atoms with Crippen LogP contribution in [0.4, 0.5) is 11.4 Å². The number of ether oxygens (including phenoxy) is 1. The molecule has 120 valence electrons. The number of nitrogens with zero attached hydrogens (tertiary/aromatic N) is 2. The topological polar surface area (TPSA) is 98.7 Å². The van der Waals surface area contributed by atoms with E-state index in [1.165, 1.54) is 0 Å². The second-order valence-electron chi connectivity index (χ2n) is 5.44. The fraction of sp³-hybridized carbons (Fsp3) is 0.533. The predicted octanol–water partition coefficient (Wildman–Crippen LogP) is 2.09. The summed E-state index contributed by atoms with van der Waals surface area (Å²) in [6.45, 7) is 3.49. The molecule has 22 heavy (non-hydrogen) atoms. The summed E-state index contributed by atoms with van der Waals surface area (Å²) in [6.07, 6.45) is 2.11. The third-order valence-electron chi connectivity index (χ3n) is 3.81. The van der Waals surface area contributed by atoms with Gasteiger partial charge in [0.15, 0.2) is 5.75 Å². The number of anilines is 1. The highest BCUT2D eigenvalue weighted by atomic mass is 16.6. The lowest BCUT2D eigenvalue weighted by molar-refractivity contribution is -0.385. The van der Waals surface area contributed by atoms with Gasteiger partial charge in [-0.1, -0.05) is 6.07 Å². The van der Waals surface area contributed by atoms with E-state index in [4.69, 9.17) is 10.5 Å². The molecule has 1 saturated heterocycles. The average Bonchev–Trinajstić information content (AvgIpc) is 2.46. The molecule has 1 aromatic rings. The molecule has 7 heteroatoms. The maximum absolute atomic E-state index is 11.4. The quantitative estimate of drug-likeness (QED) is 0.641. The van der Waals surface area contributed by atoms with Gasteiger partial charge in [-0.3, -0.25) is 14.9 Å². The molecule has 0 aromatic heterocycles. The lowest BCUT2D eigenvalue weighted by Gasteiger charge is -2.33. The van der Waals surface area contributed by atoms with Crippen molar-refractivity contribution in [2.75, 3.05) is 24.6 Å². The van der Waals surface area contributed by atoms with Gasteiger partial charge in [0.1, 0.15) is 5.69 Å². The van der Waals surface area contributed by atoms with Crippen LogP contribution in [0.25, 0.3) is 0 Å². The van der Waals surface area contributed by atoms with Crippen molar-refractivity contribution in [3.8, 4) is 5.75 Å². The van der Waals surface area contributed by atoms with Crippen LogP contribution in [0, 0.1) is 16.0 Å². The standard InChI is InChI=1S/C15H21N3O4/c1-2-22-13-7-3-6-12(15(13)18(20)21)17-8-4-5-11(10-17)9-14(16)19/h3,6-7,11H,2,4-5,8-10H2,1H3,(H2,16,19)/t11-/m0/s1. The Morgan fingerprint density at radius 1 is 1.55 bits per heavy atom. The van der Waals surface area contributed by atoms with Gasteiger partial charge in [0, 0.05) is 19.5 Å². The van der Waals surface area contributed by atoms with Crippen LogP contribution in [0.1, 0.15) is 26.2 Å². The number of carbonyl (C=O) groups is 1. The van der Waals surface area contributed by atoms with Crippen LogP contribution in [0.2, 0.25) is 0 Å². The lowest BCUT2D eigenvalue weighted by Crippen LogP contribution is -2.37. The molecule has 1 fully saturated rings. The number of rotatable bonds is 6. The minimum absolute atomic E-state index is 0.0101. The Kier molecular flexibility index (Phi) is 5.19. The fourth-order valence-electron chi connectivity index (χ4n) is 2.96. The first-order valence-electron chi connectivity index (χ1n) is 7.46. The van der Waals surface area contributed by atoms with Crippen molar-refractivity contribution in [3.05, 3.63) is 28.3 Å². The summed E-state index contributed by atoms with van der Waals surface area (Å²) in [5, 5.41) is 11.4. The zero-order chi connectivity index (χ0) is 16.1. The molecule has 0 bridgehead atoms. The maximum Gasteiger partial charge on any atom is 0.333 e. The van der Waals surface area contributed by atoms with Crippen LogP contribution in [-0.4, -0.2) is 30.5 Å². The van der Waals surface area contributed by atoms with Gasteiger partial charge in [-0.25, -0.2) is 0 Å². The first kappa shape index (κ1) is 16.1. The number of carbonyl (C=O) groups excluding carboxylic acids is 1. The van der Waals surface area contributed by atoms with Crippen molar-refractivity contribution >= 4 is 17.3 Å². The number of hydrogen-bond acceptors (Lipinski definition) is 5. The van der Waals surface area contributed by atoms with Crippen LogP contribution < -0.4 is 15.4 Å². The van der Waals surface area contributed by atoms with Gasteiger partial charge in [-0.2, -0.15) is 0 Å². The number of hydrogen-bond donors (Lipinski definition) is 1. The molecule has 1 amide bonds. The fourth-order valence-corrected chi connectivity index (χ4v) is 2.96. The van der Waals surface area contributed by atoms with E-state index in [0.717, 1.165) is 19.4 Å². The zero-order valence-corrected chi connectivity index (χ0v) is 12.7. The maximum atomic E-state index is 11.4. The van der Waals surface area contributed by atoms with Crippen LogP contribution >= 0.6 is 0 Å². The van der Waals surface area contributed by atoms with Gasteiger partial charge in [0.25, 0.3) is 0 Å². The van der Waals surface area contributed by atoms with E-state index in [9.17, 15) is 14.9 Å². The molecule has 0 radical (unpaired) electrons. The Hall–Kier alpha value is -2.31. The molecule has 2 N–H and O–H groups in total. The van der Waals surface area contributed by atoms with Gasteiger partial charge in [-0.05, 0) is 37.8 Å². The molecule has 1 aromatic carbocycles. The summed E-state index contributed by atoms with van der Waals surface area (Å²) in [5.74, 6) is 0.0908. The molecular weight excluding hydrogens is 286 g/mol. The van der Waals surface area contributed by atoms with Crippen LogP contribution in [0.5, 0.6) is 5.75 Å². The van der Waals surface area contributed by atoms with E-state index in [0.29, 0.717) is 25.3 Å². The van der Waals surface area contributed by atoms with E-state index in [-0.39, 0.29) is 23.3 Å². The van der Waals surface area contributed by atoms with Gasteiger partial charge >= 0.3 is 5.69 Å². The van der Waals surface area contributed by atoms with Crippen LogP contribution in [0.3, 0.4) is 0 Å². The Bertz CT molecular complexity index is 562. The molecule has 7 nitrogen and oxygen atoms in total. The van der Waals surface area contributed by atoms with Crippen molar-refractivity contribution in [1.82, 2.24) is 0 Å². The van der Waals surface area contributed by atoms with E-state index in [1.54, 1.807) is 25.1 Å². The Labute approximate surface area is 129 Å². The Morgan fingerprint density at radius 2 is 2.32 bits per heavy atom. The van der Waals surface area contributed by atoms with Crippen molar-refractivity contribution in [3.63, 3.8) is 0 Å². The molecular formula is C15H21N3O4.